The molecule has 1 rings (SSSR count). The molecule has 0 atom stereocenters. The molecule has 0 fully saturated rings. The number of ketones is 1. The first kappa shape index (κ1) is 10.2. The van der Waals surface area contributed by atoms with E-state index in [0.29, 0.717) is 12.2 Å². The summed E-state index contributed by atoms with van der Waals surface area (Å²) in [5.41, 5.74) is 2.65. The molecule has 72 valence electrons. The average Bonchev–Trinajstić information content (AvgIpc) is 2.03. The second-order valence-electron chi connectivity index (χ2n) is 3.90. The lowest BCUT2D eigenvalue weighted by Crippen LogP contribution is -1.96. The maximum atomic E-state index is 11.3. The number of allylic oxidation sites excluding steroid dienone is 4. The predicted molar refractivity (Wildman–Crippen MR) is 55.6 cm³/mol. The van der Waals surface area contributed by atoms with E-state index < -0.39 is 0 Å². The summed E-state index contributed by atoms with van der Waals surface area (Å²) in [5, 5.41) is 0. The van der Waals surface area contributed by atoms with Crippen LogP contribution in [0.2, 0.25) is 0 Å². The van der Waals surface area contributed by atoms with Crippen LogP contribution < -0.4 is 0 Å². The molecule has 0 aliphatic heterocycles. The van der Waals surface area contributed by atoms with E-state index in [-0.39, 0.29) is 0 Å². The zero-order valence-electron chi connectivity index (χ0n) is 8.60. The fourth-order valence-electron chi connectivity index (χ4n) is 1.61. The molecule has 0 saturated heterocycles. The molecule has 0 radical (unpaired) electrons. The van der Waals surface area contributed by atoms with Gasteiger partial charge in [0.1, 0.15) is 0 Å². The summed E-state index contributed by atoms with van der Waals surface area (Å²) in [6, 6.07) is 0. The topological polar surface area (TPSA) is 17.1 Å². The maximum absolute atomic E-state index is 11.3. The van der Waals surface area contributed by atoms with E-state index in [1.807, 2.05) is 13.0 Å². The van der Waals surface area contributed by atoms with Crippen molar-refractivity contribution in [2.75, 3.05) is 0 Å². The van der Waals surface area contributed by atoms with Crippen molar-refractivity contribution in [3.63, 3.8) is 0 Å². The van der Waals surface area contributed by atoms with Crippen LogP contribution in [0.5, 0.6) is 0 Å². The van der Waals surface area contributed by atoms with Crippen molar-refractivity contribution in [3.05, 3.63) is 23.3 Å². The van der Waals surface area contributed by atoms with Crippen molar-refractivity contribution in [3.8, 4) is 0 Å². The van der Waals surface area contributed by atoms with Crippen molar-refractivity contribution < 1.29 is 4.79 Å². The smallest absolute Gasteiger partial charge is 0.155 e. The molecule has 1 nitrogen and oxygen atoms in total. The van der Waals surface area contributed by atoms with Crippen LogP contribution in [0.15, 0.2) is 23.3 Å². The van der Waals surface area contributed by atoms with Gasteiger partial charge < -0.3 is 0 Å². The molecule has 0 spiro atoms. The molecule has 0 bridgehead atoms. The van der Waals surface area contributed by atoms with Crippen LogP contribution >= 0.6 is 0 Å². The third-order valence-electron chi connectivity index (χ3n) is 2.43. The van der Waals surface area contributed by atoms with Gasteiger partial charge in [0.05, 0.1) is 0 Å². The van der Waals surface area contributed by atoms with Crippen LogP contribution in [0.3, 0.4) is 0 Å². The lowest BCUT2D eigenvalue weighted by atomic mass is 10.0. The first-order valence-corrected chi connectivity index (χ1v) is 5.04. The van der Waals surface area contributed by atoms with Crippen molar-refractivity contribution in [2.24, 2.45) is 0 Å². The second-order valence-corrected chi connectivity index (χ2v) is 3.90. The lowest BCUT2D eigenvalue weighted by molar-refractivity contribution is -0.114. The molecule has 1 aliphatic rings. The Bertz CT molecular complexity index is 246. The van der Waals surface area contributed by atoms with Crippen LogP contribution in [0.25, 0.3) is 0 Å². The van der Waals surface area contributed by atoms with Crippen molar-refractivity contribution >= 4 is 5.78 Å². The minimum absolute atomic E-state index is 0.298. The molecule has 0 saturated carbocycles. The molecular weight excluding hydrogens is 160 g/mol. The highest BCUT2D eigenvalue weighted by Gasteiger charge is 2.02. The maximum Gasteiger partial charge on any atom is 0.155 e. The molecule has 0 amide bonds. The highest BCUT2D eigenvalue weighted by Crippen LogP contribution is 2.14. The van der Waals surface area contributed by atoms with E-state index in [2.05, 4.69) is 13.0 Å². The number of carbonyl (C=O) groups is 1. The summed E-state index contributed by atoms with van der Waals surface area (Å²) in [6.07, 6.45) is 9.03. The Balaban J connectivity index is 2.62. The van der Waals surface area contributed by atoms with Gasteiger partial charge in [0.2, 0.25) is 0 Å². The zero-order chi connectivity index (χ0) is 9.68. The molecule has 0 aromatic carbocycles. The van der Waals surface area contributed by atoms with Gasteiger partial charge in [-0.2, -0.15) is 0 Å². The van der Waals surface area contributed by atoms with Gasteiger partial charge in [-0.1, -0.05) is 17.2 Å². The number of hydrogen-bond acceptors (Lipinski definition) is 1. The predicted octanol–water partition coefficient (Wildman–Crippen LogP) is 3.41. The van der Waals surface area contributed by atoms with Gasteiger partial charge in [-0.05, 0) is 45.6 Å². The van der Waals surface area contributed by atoms with Crippen LogP contribution in [0.1, 0.15) is 46.0 Å². The quantitative estimate of drug-likeness (QED) is 0.519. The van der Waals surface area contributed by atoms with E-state index in [9.17, 15) is 4.79 Å². The molecule has 0 N–H and O–H groups in total. The summed E-state index contributed by atoms with van der Waals surface area (Å²) in [5.74, 6) is 0.298. The third kappa shape index (κ3) is 4.07. The highest BCUT2D eigenvalue weighted by molar-refractivity contribution is 5.90. The molecule has 1 aliphatic carbocycles. The number of carbonyl (C=O) groups excluding carboxylic acids is 1. The van der Waals surface area contributed by atoms with E-state index in [4.69, 9.17) is 0 Å². The van der Waals surface area contributed by atoms with Crippen molar-refractivity contribution in [1.82, 2.24) is 0 Å². The first-order chi connectivity index (χ1) is 6.18. The van der Waals surface area contributed by atoms with Gasteiger partial charge in [0, 0.05) is 6.42 Å². The molecule has 0 aromatic rings. The fraction of sp³-hybridized carbons (Fsp3) is 0.583. The van der Waals surface area contributed by atoms with Crippen molar-refractivity contribution in [1.29, 1.82) is 0 Å². The Morgan fingerprint density at radius 2 is 1.85 bits per heavy atom. The van der Waals surface area contributed by atoms with Gasteiger partial charge in [-0.15, -0.1) is 0 Å². The normalized spacial score (nSPS) is 28.6. The minimum Gasteiger partial charge on any atom is -0.295 e. The number of hydrogen-bond donors (Lipinski definition) is 0. The van der Waals surface area contributed by atoms with Gasteiger partial charge in [0.15, 0.2) is 5.78 Å². The largest absolute Gasteiger partial charge is 0.295 e. The van der Waals surface area contributed by atoms with Gasteiger partial charge in [-0.3, -0.25) is 4.79 Å². The van der Waals surface area contributed by atoms with Crippen LogP contribution in [0.4, 0.5) is 0 Å². The Kier molecular flexibility index (Phi) is 3.94. The Hall–Kier alpha value is -0.850. The van der Waals surface area contributed by atoms with Crippen LogP contribution in [-0.4, -0.2) is 5.78 Å². The van der Waals surface area contributed by atoms with Crippen molar-refractivity contribution in [2.45, 2.75) is 46.0 Å². The summed E-state index contributed by atoms with van der Waals surface area (Å²) >= 11 is 0. The Morgan fingerprint density at radius 1 is 1.08 bits per heavy atom. The summed E-state index contributed by atoms with van der Waals surface area (Å²) < 4.78 is 0. The molecular formula is C12H18O. The summed E-state index contributed by atoms with van der Waals surface area (Å²) in [4.78, 5) is 11.3. The third-order valence-corrected chi connectivity index (χ3v) is 2.43. The van der Waals surface area contributed by atoms with Crippen LogP contribution in [-0.2, 0) is 4.79 Å². The standard InChI is InChI=1S/C12H18O/c1-10-5-3-7-11(2)9-12(13)8-4-6-10/h5,9H,3-4,6-8H2,1-2H3/b10-5+,11-9+. The second kappa shape index (κ2) is 5.00. The van der Waals surface area contributed by atoms with E-state index in [1.165, 1.54) is 11.1 Å². The highest BCUT2D eigenvalue weighted by atomic mass is 16.1. The average molecular weight is 178 g/mol. The Labute approximate surface area is 80.5 Å². The van der Waals surface area contributed by atoms with Gasteiger partial charge in [0.25, 0.3) is 0 Å². The fourth-order valence-corrected chi connectivity index (χ4v) is 1.61. The van der Waals surface area contributed by atoms with Gasteiger partial charge >= 0.3 is 0 Å². The summed E-state index contributed by atoms with van der Waals surface area (Å²) in [6.45, 7) is 4.20. The van der Waals surface area contributed by atoms with E-state index in [0.717, 1.165) is 25.7 Å². The molecule has 0 heterocycles. The molecule has 0 unspecified atom stereocenters. The van der Waals surface area contributed by atoms with Crippen LogP contribution in [0, 0.1) is 0 Å². The van der Waals surface area contributed by atoms with E-state index in [1.54, 1.807) is 0 Å². The minimum atomic E-state index is 0.298. The molecule has 0 aromatic heterocycles. The van der Waals surface area contributed by atoms with E-state index >= 15 is 0 Å². The number of rotatable bonds is 0. The molecule has 13 heavy (non-hydrogen) atoms. The summed E-state index contributed by atoms with van der Waals surface area (Å²) in [7, 11) is 0. The molecule has 1 heteroatoms. The lowest BCUT2D eigenvalue weighted by Gasteiger charge is -2.05. The zero-order valence-corrected chi connectivity index (χ0v) is 8.60. The van der Waals surface area contributed by atoms with Gasteiger partial charge in [-0.25, -0.2) is 0 Å². The Morgan fingerprint density at radius 3 is 2.62 bits per heavy atom. The monoisotopic (exact) mass is 178 g/mol. The SMILES string of the molecule is C/C1=C\C(=O)CCC/C(C)=C/CC1. The first-order valence-electron chi connectivity index (χ1n) is 5.04.